The summed E-state index contributed by atoms with van der Waals surface area (Å²) in [6, 6.07) is 7.91. The molecular formula is C25H37N3O3. The van der Waals surface area contributed by atoms with E-state index >= 15 is 0 Å². The number of hydrogen-bond acceptors (Lipinski definition) is 3. The van der Waals surface area contributed by atoms with E-state index in [1.165, 1.54) is 24.8 Å². The minimum absolute atomic E-state index is 0.0156. The lowest BCUT2D eigenvalue weighted by Crippen LogP contribution is -2.61. The lowest BCUT2D eigenvalue weighted by Gasteiger charge is -2.56. The van der Waals surface area contributed by atoms with E-state index in [1.54, 1.807) is 0 Å². The van der Waals surface area contributed by atoms with Crippen molar-refractivity contribution in [1.82, 2.24) is 16.0 Å². The van der Waals surface area contributed by atoms with E-state index in [1.807, 2.05) is 24.3 Å². The van der Waals surface area contributed by atoms with Crippen LogP contribution in [0.15, 0.2) is 24.3 Å². The molecule has 0 unspecified atom stereocenters. The van der Waals surface area contributed by atoms with Crippen LogP contribution in [0.4, 0.5) is 4.79 Å². The molecule has 0 saturated heterocycles. The molecule has 31 heavy (non-hydrogen) atoms. The van der Waals surface area contributed by atoms with Crippen LogP contribution in [0.1, 0.15) is 63.4 Å². The van der Waals surface area contributed by atoms with Crippen molar-refractivity contribution in [2.75, 3.05) is 19.7 Å². The normalized spacial score (nSPS) is 28.2. The molecule has 170 valence electrons. The number of carbonyl (C=O) groups is 2. The Labute approximate surface area is 185 Å². The fourth-order valence-electron chi connectivity index (χ4n) is 6.21. The number of nitrogens with one attached hydrogen (secondary N) is 3. The molecule has 0 aliphatic heterocycles. The van der Waals surface area contributed by atoms with E-state index in [9.17, 15) is 9.59 Å². The second kappa shape index (κ2) is 9.92. The van der Waals surface area contributed by atoms with Crippen LogP contribution in [0.2, 0.25) is 0 Å². The highest BCUT2D eigenvalue weighted by atomic mass is 16.5. The van der Waals surface area contributed by atoms with Crippen LogP contribution in [0.5, 0.6) is 5.75 Å². The van der Waals surface area contributed by atoms with Crippen LogP contribution in [-0.2, 0) is 4.79 Å². The number of rotatable bonds is 10. The Morgan fingerprint density at radius 1 is 0.935 bits per heavy atom. The van der Waals surface area contributed by atoms with Gasteiger partial charge in [-0.25, -0.2) is 4.79 Å². The van der Waals surface area contributed by atoms with E-state index < -0.39 is 0 Å². The molecule has 0 atom stereocenters. The molecule has 0 aromatic heterocycles. The quantitative estimate of drug-likeness (QED) is 0.495. The third-order valence-electron chi connectivity index (χ3n) is 7.24. The molecule has 4 aliphatic carbocycles. The van der Waals surface area contributed by atoms with Gasteiger partial charge < -0.3 is 20.7 Å². The van der Waals surface area contributed by atoms with Crippen LogP contribution in [0.25, 0.3) is 0 Å². The molecule has 3 N–H and O–H groups in total. The SMILES string of the molecule is Cc1ccc(OCCCCNC(=O)CCNC(=O)NC23CC4CC(CC(C4)C2)C3)cc1. The van der Waals surface area contributed by atoms with E-state index in [4.69, 9.17) is 4.74 Å². The third kappa shape index (κ3) is 6.14. The molecule has 5 rings (SSSR count). The highest BCUT2D eigenvalue weighted by Crippen LogP contribution is 2.55. The minimum Gasteiger partial charge on any atom is -0.494 e. The van der Waals surface area contributed by atoms with Crippen LogP contribution in [-0.4, -0.2) is 37.2 Å². The van der Waals surface area contributed by atoms with Gasteiger partial charge in [0.15, 0.2) is 0 Å². The van der Waals surface area contributed by atoms with Crippen LogP contribution in [0.3, 0.4) is 0 Å². The molecular weight excluding hydrogens is 390 g/mol. The number of aryl methyl sites for hydroxylation is 1. The molecule has 4 saturated carbocycles. The van der Waals surface area contributed by atoms with E-state index in [0.717, 1.165) is 55.6 Å². The highest BCUT2D eigenvalue weighted by Gasteiger charge is 2.51. The van der Waals surface area contributed by atoms with Gasteiger partial charge in [-0.2, -0.15) is 0 Å². The summed E-state index contributed by atoms with van der Waals surface area (Å²) in [7, 11) is 0. The van der Waals surface area contributed by atoms with Gasteiger partial charge in [-0.15, -0.1) is 0 Å². The van der Waals surface area contributed by atoms with Crippen molar-refractivity contribution in [2.24, 2.45) is 17.8 Å². The van der Waals surface area contributed by atoms with Crippen molar-refractivity contribution in [1.29, 1.82) is 0 Å². The first-order valence-corrected chi connectivity index (χ1v) is 12.0. The van der Waals surface area contributed by atoms with Gasteiger partial charge in [-0.05, 0) is 88.2 Å². The molecule has 0 radical (unpaired) electrons. The van der Waals surface area contributed by atoms with Crippen molar-refractivity contribution < 1.29 is 14.3 Å². The molecule has 3 amide bonds. The lowest BCUT2D eigenvalue weighted by atomic mass is 9.53. The van der Waals surface area contributed by atoms with Gasteiger partial charge in [0.2, 0.25) is 5.91 Å². The Kier molecular flexibility index (Phi) is 7.03. The molecule has 1 aromatic carbocycles. The summed E-state index contributed by atoms with van der Waals surface area (Å²) in [6.45, 7) is 3.71. The maximum Gasteiger partial charge on any atom is 0.315 e. The van der Waals surface area contributed by atoms with Gasteiger partial charge in [-0.1, -0.05) is 17.7 Å². The Balaban J connectivity index is 1.03. The van der Waals surface area contributed by atoms with Crippen LogP contribution < -0.4 is 20.7 Å². The van der Waals surface area contributed by atoms with Crippen molar-refractivity contribution >= 4 is 11.9 Å². The number of benzene rings is 1. The summed E-state index contributed by atoms with van der Waals surface area (Å²) in [4.78, 5) is 24.4. The largest absolute Gasteiger partial charge is 0.494 e. The minimum atomic E-state index is -0.108. The standard InChI is InChI=1S/C25H37N3O3/c1-18-4-6-22(7-5-18)31-11-3-2-9-26-23(29)8-10-27-24(30)28-25-15-19-12-20(16-25)14-21(13-19)17-25/h4-7,19-21H,2-3,8-17H2,1H3,(H,26,29)(H2,27,28,30). The van der Waals surface area contributed by atoms with Crippen LogP contribution >= 0.6 is 0 Å². The molecule has 4 aliphatic rings. The molecule has 0 spiro atoms. The Bertz CT molecular complexity index is 726. The molecule has 4 fully saturated rings. The summed E-state index contributed by atoms with van der Waals surface area (Å²) in [5.41, 5.74) is 1.23. The average Bonchev–Trinajstić information content (AvgIpc) is 2.70. The van der Waals surface area contributed by atoms with Gasteiger partial charge in [0.25, 0.3) is 0 Å². The monoisotopic (exact) mass is 427 g/mol. The maximum atomic E-state index is 12.4. The van der Waals surface area contributed by atoms with E-state index in [-0.39, 0.29) is 17.5 Å². The van der Waals surface area contributed by atoms with Gasteiger partial charge >= 0.3 is 6.03 Å². The number of carbonyl (C=O) groups excluding carboxylic acids is 2. The van der Waals surface area contributed by atoms with Crippen LogP contribution in [0, 0.1) is 24.7 Å². The first-order valence-electron chi connectivity index (χ1n) is 12.0. The summed E-state index contributed by atoms with van der Waals surface area (Å²) < 4.78 is 5.69. The first kappa shape index (κ1) is 22.0. The predicted octanol–water partition coefficient (Wildman–Crippen LogP) is 3.93. The number of unbranched alkanes of at least 4 members (excludes halogenated alkanes) is 1. The van der Waals surface area contributed by atoms with E-state index in [0.29, 0.717) is 26.1 Å². The Morgan fingerprint density at radius 3 is 2.23 bits per heavy atom. The summed E-state index contributed by atoms with van der Waals surface area (Å²) >= 11 is 0. The predicted molar refractivity (Wildman–Crippen MR) is 121 cm³/mol. The molecule has 0 heterocycles. The molecule has 6 heteroatoms. The average molecular weight is 428 g/mol. The highest BCUT2D eigenvalue weighted by molar-refractivity contribution is 5.78. The molecule has 6 nitrogen and oxygen atoms in total. The maximum absolute atomic E-state index is 12.4. The van der Waals surface area contributed by atoms with Gasteiger partial charge in [0, 0.05) is 25.0 Å². The number of hydrogen-bond donors (Lipinski definition) is 3. The summed E-state index contributed by atoms with van der Waals surface area (Å²) in [6.07, 6.45) is 9.58. The molecule has 4 bridgehead atoms. The van der Waals surface area contributed by atoms with Crippen molar-refractivity contribution in [3.63, 3.8) is 0 Å². The number of urea groups is 1. The molecule has 1 aromatic rings. The fourth-order valence-corrected chi connectivity index (χ4v) is 6.21. The third-order valence-corrected chi connectivity index (χ3v) is 7.24. The smallest absolute Gasteiger partial charge is 0.315 e. The zero-order chi connectivity index (χ0) is 21.7. The number of ether oxygens (including phenoxy) is 1. The summed E-state index contributed by atoms with van der Waals surface area (Å²) in [5, 5.41) is 9.10. The van der Waals surface area contributed by atoms with Crippen molar-refractivity contribution in [3.8, 4) is 5.75 Å². The lowest BCUT2D eigenvalue weighted by molar-refractivity contribution is -0.120. The fraction of sp³-hybridized carbons (Fsp3) is 0.680. The second-order valence-electron chi connectivity index (χ2n) is 10.0. The Morgan fingerprint density at radius 2 is 1.58 bits per heavy atom. The topological polar surface area (TPSA) is 79.5 Å². The van der Waals surface area contributed by atoms with Gasteiger partial charge in [0.05, 0.1) is 6.61 Å². The van der Waals surface area contributed by atoms with Gasteiger partial charge in [0.1, 0.15) is 5.75 Å². The zero-order valence-electron chi connectivity index (χ0n) is 18.8. The summed E-state index contributed by atoms with van der Waals surface area (Å²) in [5.74, 6) is 3.28. The first-order chi connectivity index (χ1) is 15.0. The zero-order valence-corrected chi connectivity index (χ0v) is 18.8. The van der Waals surface area contributed by atoms with Crippen molar-refractivity contribution in [3.05, 3.63) is 29.8 Å². The Hall–Kier alpha value is -2.24. The second-order valence-corrected chi connectivity index (χ2v) is 10.0. The number of amides is 3. The van der Waals surface area contributed by atoms with E-state index in [2.05, 4.69) is 22.9 Å². The van der Waals surface area contributed by atoms with Gasteiger partial charge in [-0.3, -0.25) is 4.79 Å². The van der Waals surface area contributed by atoms with Crippen molar-refractivity contribution in [2.45, 2.75) is 70.3 Å².